The lowest BCUT2D eigenvalue weighted by molar-refractivity contribution is 1.11. The molecular formula is C71H57N7. The number of aryl methyl sites for hydroxylation is 8. The summed E-state index contributed by atoms with van der Waals surface area (Å²) in [6.07, 6.45) is 0. The van der Waals surface area contributed by atoms with Gasteiger partial charge < -0.3 is 0 Å². The van der Waals surface area contributed by atoms with Crippen LogP contribution in [0.3, 0.4) is 0 Å². The van der Waals surface area contributed by atoms with Crippen molar-refractivity contribution in [2.24, 2.45) is 0 Å². The van der Waals surface area contributed by atoms with E-state index >= 15 is 0 Å². The van der Waals surface area contributed by atoms with Crippen LogP contribution in [0.1, 0.15) is 44.5 Å². The average Bonchev–Trinajstić information content (AvgIpc) is 4.15. The first-order valence-corrected chi connectivity index (χ1v) is 26.7. The second-order valence-corrected chi connectivity index (χ2v) is 21.2. The van der Waals surface area contributed by atoms with Gasteiger partial charge in [0, 0.05) is 33.4 Å². The first kappa shape index (κ1) is 48.1. The summed E-state index contributed by atoms with van der Waals surface area (Å²) in [6.45, 7) is 17.1. The van der Waals surface area contributed by atoms with Crippen LogP contribution in [-0.2, 0) is 0 Å². The lowest BCUT2D eigenvalue weighted by atomic mass is 9.94. The Hall–Kier alpha value is -9.59. The van der Waals surface area contributed by atoms with E-state index in [9.17, 15) is 0 Å². The highest BCUT2D eigenvalue weighted by atomic mass is 15.2. The van der Waals surface area contributed by atoms with Crippen molar-refractivity contribution in [3.63, 3.8) is 0 Å². The SMILES string of the molecule is Cc1ccc(-c2cc(-c3cccc(-c4cc(-c5cccc(-c6cc(-c7ccc(C)cc7C)nc(-c7ccc(C)cc7C)n6)c5)cc(-n5c6ccccc6n6c7ccccc7nc56)c4)c3)nc(-c3ccc(C)cc3C)n2)c(C)c1. The van der Waals surface area contributed by atoms with Crippen molar-refractivity contribution in [2.45, 2.75) is 55.4 Å². The molecule has 0 amide bonds. The van der Waals surface area contributed by atoms with E-state index in [2.05, 4.69) is 265 Å². The predicted octanol–water partition coefficient (Wildman–Crippen LogP) is 17.8. The molecule has 0 aliphatic heterocycles. The molecular weight excluding hydrogens is 951 g/mol. The first-order chi connectivity index (χ1) is 37.9. The van der Waals surface area contributed by atoms with Gasteiger partial charge in [-0.2, -0.15) is 0 Å². The molecule has 13 aromatic rings. The highest BCUT2D eigenvalue weighted by molar-refractivity contribution is 5.93. The third kappa shape index (κ3) is 8.73. The minimum Gasteiger partial charge on any atom is -0.278 e. The summed E-state index contributed by atoms with van der Waals surface area (Å²) in [5.41, 5.74) is 28.5. The van der Waals surface area contributed by atoms with Crippen LogP contribution in [0, 0.1) is 55.4 Å². The van der Waals surface area contributed by atoms with Crippen molar-refractivity contribution in [1.82, 2.24) is 33.9 Å². The van der Waals surface area contributed by atoms with Gasteiger partial charge in [-0.3, -0.25) is 8.97 Å². The molecule has 0 spiro atoms. The first-order valence-electron chi connectivity index (χ1n) is 26.7. The maximum atomic E-state index is 5.35. The smallest absolute Gasteiger partial charge is 0.220 e. The van der Waals surface area contributed by atoms with Gasteiger partial charge >= 0.3 is 0 Å². The summed E-state index contributed by atoms with van der Waals surface area (Å²) in [5, 5.41) is 0. The molecule has 4 heterocycles. The molecule has 0 fully saturated rings. The van der Waals surface area contributed by atoms with E-state index in [0.717, 1.165) is 123 Å². The second-order valence-electron chi connectivity index (χ2n) is 21.2. The van der Waals surface area contributed by atoms with Crippen LogP contribution in [0.15, 0.2) is 200 Å². The van der Waals surface area contributed by atoms with E-state index in [4.69, 9.17) is 24.9 Å². The van der Waals surface area contributed by atoms with Crippen LogP contribution in [-0.4, -0.2) is 33.9 Å². The zero-order valence-corrected chi connectivity index (χ0v) is 45.2. The Bertz CT molecular complexity index is 4200. The van der Waals surface area contributed by atoms with Gasteiger partial charge in [-0.15, -0.1) is 0 Å². The summed E-state index contributed by atoms with van der Waals surface area (Å²) in [4.78, 5) is 26.6. The Kier molecular flexibility index (Phi) is 11.8. The number of para-hydroxylation sites is 4. The van der Waals surface area contributed by atoms with Crippen LogP contribution in [0.25, 0.3) is 124 Å². The van der Waals surface area contributed by atoms with Gasteiger partial charge in [-0.05, 0) is 167 Å². The molecule has 0 radical (unpaired) electrons. The molecule has 0 unspecified atom stereocenters. The molecule has 9 aromatic carbocycles. The lowest BCUT2D eigenvalue weighted by Gasteiger charge is -2.15. The number of nitrogens with zero attached hydrogens (tertiary/aromatic N) is 7. The minimum atomic E-state index is 0.705. The minimum absolute atomic E-state index is 0.705. The molecule has 376 valence electrons. The average molecular weight is 1010 g/mol. The van der Waals surface area contributed by atoms with Gasteiger partial charge in [-0.1, -0.05) is 156 Å². The summed E-state index contributed by atoms with van der Waals surface area (Å²) < 4.78 is 4.59. The van der Waals surface area contributed by atoms with E-state index in [1.54, 1.807) is 0 Å². The number of benzene rings is 9. The van der Waals surface area contributed by atoms with Crippen LogP contribution in [0.4, 0.5) is 0 Å². The number of aromatic nitrogens is 7. The molecule has 13 rings (SSSR count). The summed E-state index contributed by atoms with van der Waals surface area (Å²) in [5.74, 6) is 2.26. The Morgan fingerprint density at radius 2 is 0.679 bits per heavy atom. The van der Waals surface area contributed by atoms with E-state index in [1.807, 2.05) is 0 Å². The number of imidazole rings is 2. The lowest BCUT2D eigenvalue weighted by Crippen LogP contribution is -1.99. The Morgan fingerprint density at radius 3 is 1.15 bits per heavy atom. The van der Waals surface area contributed by atoms with Crippen LogP contribution >= 0.6 is 0 Å². The Balaban J connectivity index is 1.01. The van der Waals surface area contributed by atoms with Gasteiger partial charge in [0.05, 0.1) is 50.5 Å². The molecule has 0 atom stereocenters. The van der Waals surface area contributed by atoms with Crippen LogP contribution < -0.4 is 0 Å². The van der Waals surface area contributed by atoms with Crippen molar-refractivity contribution >= 4 is 27.8 Å². The Labute approximate surface area is 455 Å². The molecule has 7 nitrogen and oxygen atoms in total. The van der Waals surface area contributed by atoms with Crippen LogP contribution in [0.5, 0.6) is 0 Å². The second kappa shape index (κ2) is 19.2. The van der Waals surface area contributed by atoms with Crippen LogP contribution in [0.2, 0.25) is 0 Å². The largest absolute Gasteiger partial charge is 0.278 e. The Morgan fingerprint density at radius 1 is 0.282 bits per heavy atom. The molecule has 0 aliphatic carbocycles. The topological polar surface area (TPSA) is 73.8 Å². The van der Waals surface area contributed by atoms with Gasteiger partial charge in [0.15, 0.2) is 11.6 Å². The predicted molar refractivity (Wildman–Crippen MR) is 322 cm³/mol. The molecule has 0 saturated carbocycles. The molecule has 78 heavy (non-hydrogen) atoms. The number of rotatable bonds is 9. The maximum absolute atomic E-state index is 5.35. The summed E-state index contributed by atoms with van der Waals surface area (Å²) in [6, 6.07) is 71.9. The van der Waals surface area contributed by atoms with Crippen molar-refractivity contribution < 1.29 is 0 Å². The van der Waals surface area contributed by atoms with Gasteiger partial charge in [-0.25, -0.2) is 24.9 Å². The third-order valence-electron chi connectivity index (χ3n) is 15.3. The highest BCUT2D eigenvalue weighted by Gasteiger charge is 2.21. The van der Waals surface area contributed by atoms with Crippen molar-refractivity contribution in [2.75, 3.05) is 0 Å². The van der Waals surface area contributed by atoms with E-state index in [-0.39, 0.29) is 0 Å². The maximum Gasteiger partial charge on any atom is 0.220 e. The quantitative estimate of drug-likeness (QED) is 0.144. The molecule has 0 bridgehead atoms. The third-order valence-corrected chi connectivity index (χ3v) is 15.3. The molecule has 0 saturated heterocycles. The molecule has 4 aromatic heterocycles. The zero-order valence-electron chi connectivity index (χ0n) is 45.2. The highest BCUT2D eigenvalue weighted by Crippen LogP contribution is 2.39. The van der Waals surface area contributed by atoms with E-state index in [1.165, 1.54) is 33.4 Å². The van der Waals surface area contributed by atoms with Gasteiger partial charge in [0.25, 0.3) is 0 Å². The zero-order chi connectivity index (χ0) is 53.3. The molecule has 0 aliphatic rings. The fourth-order valence-corrected chi connectivity index (χ4v) is 11.4. The van der Waals surface area contributed by atoms with Gasteiger partial charge in [0.2, 0.25) is 5.78 Å². The van der Waals surface area contributed by atoms with E-state index in [0.29, 0.717) is 11.6 Å². The molecule has 0 N–H and O–H groups in total. The fraction of sp³-hybridized carbons (Fsp3) is 0.113. The summed E-state index contributed by atoms with van der Waals surface area (Å²) in [7, 11) is 0. The van der Waals surface area contributed by atoms with E-state index < -0.39 is 0 Å². The summed E-state index contributed by atoms with van der Waals surface area (Å²) >= 11 is 0. The molecule has 7 heteroatoms. The van der Waals surface area contributed by atoms with Crippen molar-refractivity contribution in [1.29, 1.82) is 0 Å². The normalized spacial score (nSPS) is 11.6. The van der Waals surface area contributed by atoms with Crippen molar-refractivity contribution in [3.05, 3.63) is 245 Å². The fourth-order valence-electron chi connectivity index (χ4n) is 11.4. The van der Waals surface area contributed by atoms with Gasteiger partial charge in [0.1, 0.15) is 0 Å². The monoisotopic (exact) mass is 1010 g/mol. The van der Waals surface area contributed by atoms with Crippen molar-refractivity contribution in [3.8, 4) is 95.7 Å². The number of hydrogen-bond acceptors (Lipinski definition) is 5. The number of hydrogen-bond donors (Lipinski definition) is 0. The number of fused-ring (bicyclic) bond motifs is 5. The standard InChI is InChI=1S/C71H57N7/c1-42-23-27-57(46(5)31-42)64-40-62(72-69(74-64)59-29-25-44(3)33-48(59)7)52-17-13-15-50(35-52)54-37-55(39-56(38-54)77-67-21-11-12-22-68(67)78-66-20-10-9-19-61(66)76-71(77)78)51-16-14-18-53(36-51)63-41-65(58-28-24-43(2)32-47(58)6)75-70(73-63)60-30-26-45(4)34-49(60)8/h9-41H,1-8H3.